The second kappa shape index (κ2) is 8.72. The largest absolute Gasteiger partial charge is 0.490 e. The summed E-state index contributed by atoms with van der Waals surface area (Å²) in [5, 5.41) is 0. The smallest absolute Gasteiger partial charge is 0.369 e. The van der Waals surface area contributed by atoms with E-state index in [0.29, 0.717) is 0 Å². The molecule has 0 bridgehead atoms. The Morgan fingerprint density at radius 3 is 2.32 bits per heavy atom. The molecule has 2 aliphatic rings. The predicted molar refractivity (Wildman–Crippen MR) is 119 cm³/mol. The zero-order valence-electron chi connectivity index (χ0n) is 19.6. The summed E-state index contributed by atoms with van der Waals surface area (Å²) in [5.74, 6) is -1.40. The van der Waals surface area contributed by atoms with Crippen LogP contribution in [-0.2, 0) is 41.1 Å². The highest BCUT2D eigenvalue weighted by molar-refractivity contribution is 7.66. The van der Waals surface area contributed by atoms with Gasteiger partial charge in [-0.05, 0) is 27.7 Å². The monoisotopic (exact) mass is 591 g/mol. The van der Waals surface area contributed by atoms with Crippen molar-refractivity contribution in [2.75, 3.05) is 12.3 Å². The van der Waals surface area contributed by atoms with Gasteiger partial charge < -0.3 is 39.5 Å². The second-order valence-corrected chi connectivity index (χ2v) is 13.4. The summed E-state index contributed by atoms with van der Waals surface area (Å²) in [6.45, 7) is 5.56. The Kier molecular flexibility index (Phi) is 6.71. The van der Waals surface area contributed by atoms with Crippen LogP contribution in [0.1, 0.15) is 33.9 Å². The maximum Gasteiger partial charge on any atom is 0.490 e. The van der Waals surface area contributed by atoms with Crippen LogP contribution in [0.15, 0.2) is 11.1 Å². The summed E-state index contributed by atoms with van der Waals surface area (Å²) in [4.78, 5) is 59.3. The number of hydrogen-bond donors (Lipinski definition) is 6. The molecular weight excluding hydrogens is 567 g/mol. The van der Waals surface area contributed by atoms with Crippen molar-refractivity contribution in [1.82, 2.24) is 19.5 Å². The van der Waals surface area contributed by atoms with E-state index >= 15 is 0 Å². The molecule has 0 aromatic carbocycles. The van der Waals surface area contributed by atoms with Crippen molar-refractivity contribution in [1.29, 1.82) is 0 Å². The lowest BCUT2D eigenvalue weighted by Gasteiger charge is -2.34. The van der Waals surface area contributed by atoms with Gasteiger partial charge in [0.25, 0.3) is 5.56 Å². The number of aromatic amines is 1. The highest BCUT2D eigenvalue weighted by atomic mass is 31.3. The Morgan fingerprint density at radius 2 is 1.70 bits per heavy atom. The number of ether oxygens (including phenoxy) is 3. The number of rotatable bonds is 8. The van der Waals surface area contributed by atoms with Crippen molar-refractivity contribution in [3.05, 3.63) is 16.7 Å². The fourth-order valence-corrected chi connectivity index (χ4v) is 7.47. The van der Waals surface area contributed by atoms with Gasteiger partial charge in [0.05, 0.1) is 12.9 Å². The molecule has 6 atom stereocenters. The van der Waals surface area contributed by atoms with Gasteiger partial charge in [0.2, 0.25) is 5.95 Å². The Balaban J connectivity index is 1.65. The number of hydrogen-bond acceptors (Lipinski definition) is 13. The van der Waals surface area contributed by atoms with E-state index in [1.54, 1.807) is 27.7 Å². The fourth-order valence-electron chi connectivity index (χ4n) is 4.45. The zero-order chi connectivity index (χ0) is 27.8. The number of H-pyrrole nitrogens is 1. The van der Waals surface area contributed by atoms with Crippen molar-refractivity contribution >= 4 is 40.6 Å². The molecule has 2 saturated heterocycles. The standard InChI is InChI=1S/C15H24N5O14P3/c1-13(2)31-14(3)7(5-29-36(25,26)34-37(27,28)33-35(22,23)24)30-11(15(14,4)32-13)20-6-17-8-9(20)18-12(16)19-10(8)21/h6-7,11H,5H2,1-4H3,(H,25,26)(H,27,28)(H2,22,23,24)(H3,16,18,19,21)/t7-,11-,14-,15+/m1/s1. The van der Waals surface area contributed by atoms with E-state index in [-0.39, 0.29) is 17.1 Å². The molecule has 2 fully saturated rings. The lowest BCUT2D eigenvalue weighted by atomic mass is 9.83. The number of phosphoric ester groups is 1. The number of anilines is 1. The molecule has 4 rings (SSSR count). The van der Waals surface area contributed by atoms with E-state index in [1.165, 1.54) is 10.9 Å². The number of nitrogens with zero attached hydrogens (tertiary/aromatic N) is 3. The van der Waals surface area contributed by atoms with E-state index in [0.717, 1.165) is 0 Å². The first-order valence-corrected chi connectivity index (χ1v) is 14.8. The number of phosphoric acid groups is 3. The summed E-state index contributed by atoms with van der Waals surface area (Å²) in [5.41, 5.74) is 2.25. The summed E-state index contributed by atoms with van der Waals surface area (Å²) in [6, 6.07) is 0. The molecule has 2 aromatic heterocycles. The first-order valence-electron chi connectivity index (χ1n) is 10.2. The van der Waals surface area contributed by atoms with Crippen LogP contribution >= 0.6 is 23.5 Å². The van der Waals surface area contributed by atoms with Gasteiger partial charge in [-0.2, -0.15) is 13.6 Å². The quantitative estimate of drug-likeness (QED) is 0.224. The van der Waals surface area contributed by atoms with Crippen molar-refractivity contribution < 1.29 is 60.6 Å². The molecule has 4 heterocycles. The summed E-state index contributed by atoms with van der Waals surface area (Å²) >= 11 is 0. The van der Waals surface area contributed by atoms with Crippen LogP contribution < -0.4 is 11.3 Å². The molecule has 2 unspecified atom stereocenters. The summed E-state index contributed by atoms with van der Waals surface area (Å²) in [6.07, 6.45) is -1.10. The molecule has 0 spiro atoms. The highest BCUT2D eigenvalue weighted by Gasteiger charge is 2.72. The molecule has 0 aliphatic carbocycles. The fraction of sp³-hybridized carbons (Fsp3) is 0.667. The van der Waals surface area contributed by atoms with Crippen molar-refractivity contribution in [2.45, 2.75) is 57.0 Å². The van der Waals surface area contributed by atoms with Gasteiger partial charge >= 0.3 is 23.5 Å². The molecule has 37 heavy (non-hydrogen) atoms. The van der Waals surface area contributed by atoms with Gasteiger partial charge in [0.15, 0.2) is 23.2 Å². The van der Waals surface area contributed by atoms with Gasteiger partial charge in [-0.25, -0.2) is 18.7 Å². The normalized spacial score (nSPS) is 32.8. The van der Waals surface area contributed by atoms with Gasteiger partial charge in [-0.1, -0.05) is 0 Å². The van der Waals surface area contributed by atoms with Crippen LogP contribution in [0, 0.1) is 0 Å². The van der Waals surface area contributed by atoms with Gasteiger partial charge in [-0.15, -0.1) is 0 Å². The molecule has 2 aromatic rings. The Bertz CT molecular complexity index is 1440. The lowest BCUT2D eigenvalue weighted by molar-refractivity contribution is -0.224. The summed E-state index contributed by atoms with van der Waals surface area (Å²) < 4.78 is 66.6. The Morgan fingerprint density at radius 1 is 1.08 bits per heavy atom. The molecule has 208 valence electrons. The van der Waals surface area contributed by atoms with Gasteiger partial charge in [0.1, 0.15) is 17.3 Å². The number of nitrogens with one attached hydrogen (secondary N) is 1. The minimum Gasteiger partial charge on any atom is -0.369 e. The molecule has 7 N–H and O–H groups in total. The first kappa shape index (κ1) is 28.4. The number of imidazole rings is 1. The average molecular weight is 591 g/mol. The van der Waals surface area contributed by atoms with Crippen LogP contribution in [-0.4, -0.2) is 68.8 Å². The van der Waals surface area contributed by atoms with Crippen molar-refractivity contribution in [2.24, 2.45) is 0 Å². The highest BCUT2D eigenvalue weighted by Crippen LogP contribution is 2.67. The third-order valence-corrected chi connectivity index (χ3v) is 9.59. The van der Waals surface area contributed by atoms with E-state index in [1.807, 2.05) is 0 Å². The average Bonchev–Trinajstić information content (AvgIpc) is 3.20. The van der Waals surface area contributed by atoms with E-state index in [4.69, 9.17) is 34.3 Å². The third kappa shape index (κ3) is 5.33. The van der Waals surface area contributed by atoms with Crippen LogP contribution in [0.4, 0.5) is 5.95 Å². The van der Waals surface area contributed by atoms with Crippen LogP contribution in [0.5, 0.6) is 0 Å². The van der Waals surface area contributed by atoms with Crippen molar-refractivity contribution in [3.8, 4) is 0 Å². The molecular formula is C15H24N5O14P3. The zero-order valence-corrected chi connectivity index (χ0v) is 22.3. The number of nitrogens with two attached hydrogens (primary N) is 1. The van der Waals surface area contributed by atoms with E-state index < -0.39 is 65.0 Å². The lowest BCUT2D eigenvalue weighted by Crippen LogP contribution is -2.52. The summed E-state index contributed by atoms with van der Waals surface area (Å²) in [7, 11) is -16.7. The maximum absolute atomic E-state index is 12.3. The van der Waals surface area contributed by atoms with Gasteiger partial charge in [0, 0.05) is 0 Å². The SMILES string of the molecule is CC1(C)O[C@@]2(C)[C@H](n3cnc4c(=O)[nH]c(N)nc43)O[C@H](COP(=O)(O)OP(=O)(O)OP(=O)(O)O)[C@@]2(C)O1. The molecule has 22 heteroatoms. The topological polar surface area (TPSA) is 277 Å². The Labute approximate surface area is 207 Å². The molecule has 0 saturated carbocycles. The van der Waals surface area contributed by atoms with E-state index in [2.05, 4.69) is 23.6 Å². The number of nitrogen functional groups attached to an aromatic ring is 1. The Hall–Kier alpha value is -1.56. The van der Waals surface area contributed by atoms with Gasteiger partial charge in [-0.3, -0.25) is 18.9 Å². The minimum absolute atomic E-state index is 0.0386. The maximum atomic E-state index is 12.3. The molecule has 2 aliphatic heterocycles. The number of aromatic nitrogens is 4. The molecule has 0 radical (unpaired) electrons. The van der Waals surface area contributed by atoms with Crippen LogP contribution in [0.2, 0.25) is 0 Å². The number of fused-ring (bicyclic) bond motifs is 2. The van der Waals surface area contributed by atoms with Crippen molar-refractivity contribution in [3.63, 3.8) is 0 Å². The van der Waals surface area contributed by atoms with Crippen LogP contribution in [0.25, 0.3) is 11.2 Å². The molecule has 19 nitrogen and oxygen atoms in total. The van der Waals surface area contributed by atoms with E-state index in [9.17, 15) is 28.3 Å². The first-order chi connectivity index (χ1) is 16.7. The minimum atomic E-state index is -5.72. The third-order valence-electron chi connectivity index (χ3n) is 5.79. The second-order valence-electron chi connectivity index (χ2n) is 8.96. The van der Waals surface area contributed by atoms with Crippen LogP contribution in [0.3, 0.4) is 0 Å². The predicted octanol–water partition coefficient (Wildman–Crippen LogP) is 0.243. The molecule has 0 amide bonds.